The second-order valence-corrected chi connectivity index (χ2v) is 8.39. The van der Waals surface area contributed by atoms with Crippen molar-refractivity contribution < 1.29 is 4.79 Å². The Labute approximate surface area is 175 Å². The van der Waals surface area contributed by atoms with Crippen molar-refractivity contribution in [2.24, 2.45) is 7.05 Å². The highest BCUT2D eigenvalue weighted by molar-refractivity contribution is 6.31. The molecule has 2 aromatic heterocycles. The van der Waals surface area contributed by atoms with E-state index in [2.05, 4.69) is 15.3 Å². The number of hydrogen-bond acceptors (Lipinski definition) is 4. The van der Waals surface area contributed by atoms with Gasteiger partial charge in [-0.3, -0.25) is 9.48 Å². The van der Waals surface area contributed by atoms with E-state index in [-0.39, 0.29) is 11.9 Å². The van der Waals surface area contributed by atoms with Gasteiger partial charge in [-0.05, 0) is 51.6 Å². The largest absolute Gasteiger partial charge is 0.350 e. The summed E-state index contributed by atoms with van der Waals surface area (Å²) < 4.78 is 1.76. The molecule has 0 radical (unpaired) electrons. The van der Waals surface area contributed by atoms with Crippen molar-refractivity contribution in [2.45, 2.75) is 31.7 Å². The van der Waals surface area contributed by atoms with Crippen molar-refractivity contribution in [3.63, 3.8) is 0 Å². The lowest BCUT2D eigenvalue weighted by Crippen LogP contribution is -2.35. The molecular weight excluding hydrogens is 386 g/mol. The van der Waals surface area contributed by atoms with Crippen LogP contribution in [0.25, 0.3) is 11.0 Å². The third kappa shape index (κ3) is 3.87. The third-order valence-corrected chi connectivity index (χ3v) is 5.92. The number of aromatic nitrogens is 3. The molecule has 29 heavy (non-hydrogen) atoms. The van der Waals surface area contributed by atoms with Crippen molar-refractivity contribution in [1.29, 1.82) is 0 Å². The summed E-state index contributed by atoms with van der Waals surface area (Å²) in [5.74, 6) is 0.355. The number of hydrogen-bond donors (Lipinski definition) is 1. The van der Waals surface area contributed by atoms with Crippen LogP contribution in [-0.2, 0) is 7.05 Å². The van der Waals surface area contributed by atoms with E-state index >= 15 is 0 Å². The number of pyridine rings is 1. The molecule has 1 fully saturated rings. The molecule has 152 valence electrons. The van der Waals surface area contributed by atoms with Gasteiger partial charge in [0.1, 0.15) is 0 Å². The number of likely N-dealkylation sites (N-methyl/N-ethyl adjacent to an activating group) is 1. The molecule has 1 atom stereocenters. The van der Waals surface area contributed by atoms with Crippen LogP contribution in [0.15, 0.2) is 30.3 Å². The van der Waals surface area contributed by atoms with E-state index in [0.717, 1.165) is 40.8 Å². The Morgan fingerprint density at radius 2 is 2.07 bits per heavy atom. The minimum absolute atomic E-state index is 0.0251. The molecule has 0 spiro atoms. The third-order valence-electron chi connectivity index (χ3n) is 5.57. The zero-order valence-electron chi connectivity index (χ0n) is 17.2. The van der Waals surface area contributed by atoms with Crippen LogP contribution in [0.3, 0.4) is 0 Å². The number of rotatable bonds is 6. The molecule has 3 aromatic rings. The standard InChI is InChI=1S/C22H26ClN5O/c1-13-20-16(11-18(14-9-10-14)25-21(20)28(4)26-13)22(29)24-12-19(27(2)3)15-7-5-6-8-17(15)23/h5-8,11,14,19H,9-10,12H2,1-4H3,(H,24,29). The highest BCUT2D eigenvalue weighted by Gasteiger charge is 2.29. The minimum Gasteiger partial charge on any atom is -0.350 e. The molecule has 2 heterocycles. The topological polar surface area (TPSA) is 63.1 Å². The first kappa shape index (κ1) is 19.9. The van der Waals surface area contributed by atoms with Gasteiger partial charge in [0.2, 0.25) is 0 Å². The number of carbonyl (C=O) groups is 1. The second kappa shape index (κ2) is 7.76. The predicted molar refractivity (Wildman–Crippen MR) is 115 cm³/mol. The summed E-state index contributed by atoms with van der Waals surface area (Å²) in [5, 5.41) is 9.13. The molecule has 4 rings (SSSR count). The Kier molecular flexibility index (Phi) is 5.32. The Morgan fingerprint density at radius 1 is 1.34 bits per heavy atom. The van der Waals surface area contributed by atoms with Gasteiger partial charge in [-0.1, -0.05) is 29.8 Å². The summed E-state index contributed by atoms with van der Waals surface area (Å²) in [6, 6.07) is 9.68. The van der Waals surface area contributed by atoms with Gasteiger partial charge >= 0.3 is 0 Å². The zero-order valence-corrected chi connectivity index (χ0v) is 18.0. The fraction of sp³-hybridized carbons (Fsp3) is 0.409. The summed E-state index contributed by atoms with van der Waals surface area (Å²) >= 11 is 6.40. The average Bonchev–Trinajstić information content (AvgIpc) is 3.49. The van der Waals surface area contributed by atoms with Gasteiger partial charge in [0.05, 0.1) is 22.7 Å². The molecule has 0 bridgehead atoms. The first-order valence-electron chi connectivity index (χ1n) is 9.90. The van der Waals surface area contributed by atoms with Gasteiger partial charge in [-0.2, -0.15) is 5.10 Å². The highest BCUT2D eigenvalue weighted by Crippen LogP contribution is 2.40. The van der Waals surface area contributed by atoms with Crippen LogP contribution in [0, 0.1) is 6.92 Å². The Balaban J connectivity index is 1.64. The van der Waals surface area contributed by atoms with Crippen LogP contribution in [0.5, 0.6) is 0 Å². The maximum absolute atomic E-state index is 13.2. The van der Waals surface area contributed by atoms with Crippen molar-refractivity contribution in [3.8, 4) is 0 Å². The van der Waals surface area contributed by atoms with Gasteiger partial charge in [0.25, 0.3) is 5.91 Å². The zero-order chi connectivity index (χ0) is 20.7. The normalized spacial score (nSPS) is 15.1. The van der Waals surface area contributed by atoms with Gasteiger partial charge in [-0.25, -0.2) is 4.98 Å². The van der Waals surface area contributed by atoms with Crippen LogP contribution in [-0.4, -0.2) is 46.2 Å². The Bertz CT molecular complexity index is 1070. The molecule has 1 aromatic carbocycles. The number of aryl methyl sites for hydroxylation is 2. The number of benzene rings is 1. The van der Waals surface area contributed by atoms with E-state index in [9.17, 15) is 4.79 Å². The summed E-state index contributed by atoms with van der Waals surface area (Å²) in [6.45, 7) is 2.38. The van der Waals surface area contributed by atoms with Crippen LogP contribution >= 0.6 is 11.6 Å². The second-order valence-electron chi connectivity index (χ2n) is 7.99. The smallest absolute Gasteiger partial charge is 0.252 e. The molecular formula is C22H26ClN5O. The maximum atomic E-state index is 13.2. The quantitative estimate of drug-likeness (QED) is 0.669. The van der Waals surface area contributed by atoms with Crippen LogP contribution in [0.2, 0.25) is 5.02 Å². The highest BCUT2D eigenvalue weighted by atomic mass is 35.5. The maximum Gasteiger partial charge on any atom is 0.252 e. The number of nitrogens with one attached hydrogen (secondary N) is 1. The molecule has 1 saturated carbocycles. The molecule has 7 heteroatoms. The molecule has 0 saturated heterocycles. The van der Waals surface area contributed by atoms with Gasteiger partial charge in [-0.15, -0.1) is 0 Å². The van der Waals surface area contributed by atoms with E-state index in [1.807, 2.05) is 58.4 Å². The van der Waals surface area contributed by atoms with E-state index in [1.54, 1.807) is 4.68 Å². The SMILES string of the molecule is Cc1nn(C)c2nc(C3CC3)cc(C(=O)NCC(c3ccccc3Cl)N(C)C)c12. The molecule has 1 aliphatic carbocycles. The average molecular weight is 412 g/mol. The fourth-order valence-electron chi connectivity index (χ4n) is 3.83. The summed E-state index contributed by atoms with van der Waals surface area (Å²) in [4.78, 5) is 20.1. The molecule has 1 amide bonds. The first-order valence-corrected chi connectivity index (χ1v) is 10.3. The van der Waals surface area contributed by atoms with Crippen molar-refractivity contribution in [3.05, 3.63) is 57.9 Å². The fourth-order valence-corrected chi connectivity index (χ4v) is 4.09. The lowest BCUT2D eigenvalue weighted by Gasteiger charge is -2.26. The van der Waals surface area contributed by atoms with Crippen LogP contribution in [0.1, 0.15) is 52.1 Å². The van der Waals surface area contributed by atoms with E-state index in [1.165, 1.54) is 0 Å². The number of fused-ring (bicyclic) bond motifs is 1. The lowest BCUT2D eigenvalue weighted by atomic mass is 10.0. The molecule has 1 unspecified atom stereocenters. The van der Waals surface area contributed by atoms with E-state index < -0.39 is 0 Å². The first-order chi connectivity index (χ1) is 13.9. The summed E-state index contributed by atoms with van der Waals surface area (Å²) in [7, 11) is 5.85. The number of amides is 1. The molecule has 1 aliphatic rings. The van der Waals surface area contributed by atoms with Crippen molar-refractivity contribution in [1.82, 2.24) is 25.0 Å². The van der Waals surface area contributed by atoms with Crippen LogP contribution in [0.4, 0.5) is 0 Å². The molecule has 6 nitrogen and oxygen atoms in total. The van der Waals surface area contributed by atoms with E-state index in [0.29, 0.717) is 23.0 Å². The Morgan fingerprint density at radius 3 is 2.72 bits per heavy atom. The summed E-state index contributed by atoms with van der Waals surface area (Å²) in [5.41, 5.74) is 4.22. The van der Waals surface area contributed by atoms with Crippen LogP contribution < -0.4 is 5.32 Å². The monoisotopic (exact) mass is 411 g/mol. The van der Waals surface area contributed by atoms with Crippen molar-refractivity contribution in [2.75, 3.05) is 20.6 Å². The molecule has 1 N–H and O–H groups in total. The number of carbonyl (C=O) groups excluding carboxylic acids is 1. The van der Waals surface area contributed by atoms with Gasteiger partial charge in [0.15, 0.2) is 5.65 Å². The molecule has 0 aliphatic heterocycles. The predicted octanol–water partition coefficient (Wildman–Crippen LogP) is 3.84. The number of halogens is 1. The van der Waals surface area contributed by atoms with Crippen molar-refractivity contribution >= 4 is 28.5 Å². The Hall–Kier alpha value is -2.44. The number of nitrogens with zero attached hydrogens (tertiary/aromatic N) is 4. The summed E-state index contributed by atoms with van der Waals surface area (Å²) in [6.07, 6.45) is 2.26. The van der Waals surface area contributed by atoms with Gasteiger partial charge in [0, 0.05) is 30.2 Å². The van der Waals surface area contributed by atoms with Gasteiger partial charge < -0.3 is 10.2 Å². The minimum atomic E-state index is -0.102. The van der Waals surface area contributed by atoms with E-state index in [4.69, 9.17) is 16.6 Å². The lowest BCUT2D eigenvalue weighted by molar-refractivity contribution is 0.0943.